The van der Waals surface area contributed by atoms with Crippen LogP contribution in [0.5, 0.6) is 5.75 Å². The van der Waals surface area contributed by atoms with Crippen LogP contribution in [-0.4, -0.2) is 41.1 Å². The SMILES string of the molecule is CC(C)c1cc(CN2CCCCC2)cc(CN2CCCCC2)c(O)c1=O. The minimum atomic E-state index is -0.183. The molecule has 0 amide bonds. The first kappa shape index (κ1) is 19.4. The minimum absolute atomic E-state index is 0.0378. The first-order valence-corrected chi connectivity index (χ1v) is 10.4. The van der Waals surface area contributed by atoms with E-state index in [1.165, 1.54) is 44.1 Å². The van der Waals surface area contributed by atoms with E-state index in [0.29, 0.717) is 6.54 Å². The van der Waals surface area contributed by atoms with Crippen LogP contribution in [0.3, 0.4) is 0 Å². The first-order chi connectivity index (χ1) is 12.5. The van der Waals surface area contributed by atoms with E-state index in [4.69, 9.17) is 0 Å². The molecule has 0 spiro atoms. The quantitative estimate of drug-likeness (QED) is 0.868. The van der Waals surface area contributed by atoms with Crippen LogP contribution in [0.4, 0.5) is 0 Å². The maximum absolute atomic E-state index is 12.8. The molecule has 2 fully saturated rings. The van der Waals surface area contributed by atoms with Crippen LogP contribution in [-0.2, 0) is 13.1 Å². The predicted octanol–water partition coefficient (Wildman–Crippen LogP) is 3.85. The molecule has 0 radical (unpaired) electrons. The van der Waals surface area contributed by atoms with Crippen molar-refractivity contribution in [2.24, 2.45) is 0 Å². The highest BCUT2D eigenvalue weighted by Gasteiger charge is 2.18. The average Bonchev–Trinajstić information content (AvgIpc) is 2.76. The molecule has 0 aromatic heterocycles. The van der Waals surface area contributed by atoms with Crippen LogP contribution in [0.25, 0.3) is 0 Å². The van der Waals surface area contributed by atoms with E-state index in [-0.39, 0.29) is 17.1 Å². The molecule has 0 atom stereocenters. The highest BCUT2D eigenvalue weighted by molar-refractivity contribution is 5.39. The highest BCUT2D eigenvalue weighted by Crippen LogP contribution is 2.23. The average molecular weight is 359 g/mol. The number of nitrogens with zero attached hydrogens (tertiary/aromatic N) is 2. The van der Waals surface area contributed by atoms with Gasteiger partial charge in [-0.05, 0) is 69.4 Å². The van der Waals surface area contributed by atoms with Gasteiger partial charge >= 0.3 is 0 Å². The van der Waals surface area contributed by atoms with E-state index in [1.54, 1.807) is 0 Å². The van der Waals surface area contributed by atoms with Crippen molar-refractivity contribution in [2.45, 2.75) is 71.4 Å². The Morgan fingerprint density at radius 1 is 0.885 bits per heavy atom. The zero-order chi connectivity index (χ0) is 18.5. The summed E-state index contributed by atoms with van der Waals surface area (Å²) in [6.45, 7) is 10.0. The van der Waals surface area contributed by atoms with Gasteiger partial charge in [-0.1, -0.05) is 32.8 Å². The molecule has 144 valence electrons. The van der Waals surface area contributed by atoms with Crippen molar-refractivity contribution < 1.29 is 5.11 Å². The lowest BCUT2D eigenvalue weighted by Gasteiger charge is -2.27. The van der Waals surface area contributed by atoms with Crippen molar-refractivity contribution >= 4 is 0 Å². The van der Waals surface area contributed by atoms with E-state index >= 15 is 0 Å². The normalized spacial score (nSPS) is 19.8. The van der Waals surface area contributed by atoms with E-state index in [9.17, 15) is 9.90 Å². The number of piperidine rings is 2. The number of likely N-dealkylation sites (tertiary alicyclic amines) is 2. The fourth-order valence-electron chi connectivity index (χ4n) is 4.26. The fraction of sp³-hybridized carbons (Fsp3) is 0.682. The molecular weight excluding hydrogens is 324 g/mol. The van der Waals surface area contributed by atoms with E-state index in [1.807, 2.05) is 19.9 Å². The summed E-state index contributed by atoms with van der Waals surface area (Å²) in [5.41, 5.74) is 2.52. The molecular formula is C22H34N2O2. The molecule has 0 saturated carbocycles. The van der Waals surface area contributed by atoms with Gasteiger partial charge in [0.2, 0.25) is 5.43 Å². The zero-order valence-electron chi connectivity index (χ0n) is 16.5. The lowest BCUT2D eigenvalue weighted by Crippen LogP contribution is -2.30. The molecule has 1 aromatic rings. The second-order valence-electron chi connectivity index (χ2n) is 8.35. The predicted molar refractivity (Wildman–Crippen MR) is 107 cm³/mol. The van der Waals surface area contributed by atoms with Crippen molar-refractivity contribution in [3.63, 3.8) is 0 Å². The topological polar surface area (TPSA) is 43.8 Å². The Morgan fingerprint density at radius 3 is 1.96 bits per heavy atom. The van der Waals surface area contributed by atoms with Gasteiger partial charge in [-0.2, -0.15) is 0 Å². The van der Waals surface area contributed by atoms with Crippen molar-refractivity contribution in [1.29, 1.82) is 0 Å². The highest BCUT2D eigenvalue weighted by atomic mass is 16.3. The lowest BCUT2D eigenvalue weighted by molar-refractivity contribution is 0.216. The molecule has 4 heteroatoms. The van der Waals surface area contributed by atoms with E-state index < -0.39 is 0 Å². The Balaban J connectivity index is 1.93. The molecule has 0 aliphatic carbocycles. The summed E-state index contributed by atoms with van der Waals surface area (Å²) >= 11 is 0. The fourth-order valence-corrected chi connectivity index (χ4v) is 4.26. The third-order valence-electron chi connectivity index (χ3n) is 5.80. The van der Waals surface area contributed by atoms with Crippen LogP contribution < -0.4 is 5.43 Å². The molecule has 2 aliphatic rings. The van der Waals surface area contributed by atoms with Gasteiger partial charge in [0.25, 0.3) is 0 Å². The zero-order valence-corrected chi connectivity index (χ0v) is 16.5. The van der Waals surface area contributed by atoms with Gasteiger partial charge in [0.05, 0.1) is 0 Å². The standard InChI is InChI=1S/C22H34N2O2/c1-17(2)20-14-18(15-23-9-5-3-6-10-23)13-19(21(25)22(20)26)16-24-11-7-4-8-12-24/h13-14,17H,3-12,15-16H2,1-2H3,(H,25,26). The molecule has 2 aliphatic heterocycles. The summed E-state index contributed by atoms with van der Waals surface area (Å²) in [6, 6.07) is 4.13. The van der Waals surface area contributed by atoms with E-state index in [2.05, 4.69) is 15.9 Å². The number of hydrogen-bond acceptors (Lipinski definition) is 4. The number of rotatable bonds is 5. The first-order valence-electron chi connectivity index (χ1n) is 10.4. The van der Waals surface area contributed by atoms with Crippen LogP contribution in [0, 0.1) is 0 Å². The molecule has 0 bridgehead atoms. The summed E-state index contributed by atoms with van der Waals surface area (Å²) in [6.07, 6.45) is 7.55. The lowest BCUT2D eigenvalue weighted by atomic mass is 10.0. The molecule has 2 heterocycles. The van der Waals surface area contributed by atoms with Crippen molar-refractivity contribution in [3.8, 4) is 5.75 Å². The maximum Gasteiger partial charge on any atom is 0.223 e. The van der Waals surface area contributed by atoms with Crippen molar-refractivity contribution in [1.82, 2.24) is 9.80 Å². The molecule has 26 heavy (non-hydrogen) atoms. The van der Waals surface area contributed by atoms with Gasteiger partial charge in [0, 0.05) is 24.2 Å². The smallest absolute Gasteiger partial charge is 0.223 e. The molecule has 3 rings (SSSR count). The third-order valence-corrected chi connectivity index (χ3v) is 5.80. The molecule has 4 nitrogen and oxygen atoms in total. The van der Waals surface area contributed by atoms with E-state index in [0.717, 1.165) is 43.9 Å². The maximum atomic E-state index is 12.8. The largest absolute Gasteiger partial charge is 0.504 e. The van der Waals surface area contributed by atoms with Gasteiger partial charge in [-0.3, -0.25) is 14.6 Å². The Morgan fingerprint density at radius 2 is 1.42 bits per heavy atom. The summed E-state index contributed by atoms with van der Waals surface area (Å²) in [7, 11) is 0. The van der Waals surface area contributed by atoms with Gasteiger partial charge in [-0.25, -0.2) is 0 Å². The molecule has 1 N–H and O–H groups in total. The second-order valence-corrected chi connectivity index (χ2v) is 8.35. The van der Waals surface area contributed by atoms with Gasteiger partial charge in [-0.15, -0.1) is 0 Å². The van der Waals surface area contributed by atoms with Crippen LogP contribution in [0.15, 0.2) is 16.9 Å². The Kier molecular flexibility index (Phi) is 6.71. The molecule has 1 aromatic carbocycles. The second kappa shape index (κ2) is 9.01. The molecule has 2 saturated heterocycles. The van der Waals surface area contributed by atoms with Gasteiger partial charge in [0.15, 0.2) is 5.75 Å². The summed E-state index contributed by atoms with van der Waals surface area (Å²) < 4.78 is 0. The monoisotopic (exact) mass is 358 g/mol. The van der Waals surface area contributed by atoms with Crippen molar-refractivity contribution in [2.75, 3.05) is 26.2 Å². The number of hydrogen-bond donors (Lipinski definition) is 1. The Bertz CT molecular complexity index is 660. The summed E-state index contributed by atoms with van der Waals surface area (Å²) in [5.74, 6) is 0.0768. The van der Waals surface area contributed by atoms with Crippen LogP contribution in [0.1, 0.15) is 75.0 Å². The third kappa shape index (κ3) is 4.86. The summed E-state index contributed by atoms with van der Waals surface area (Å²) in [5, 5.41) is 10.7. The minimum Gasteiger partial charge on any atom is -0.504 e. The van der Waals surface area contributed by atoms with Gasteiger partial charge in [0.1, 0.15) is 0 Å². The molecule has 0 unspecified atom stereocenters. The Hall–Kier alpha value is -1.39. The van der Waals surface area contributed by atoms with Gasteiger partial charge < -0.3 is 5.11 Å². The summed E-state index contributed by atoms with van der Waals surface area (Å²) in [4.78, 5) is 17.7. The van der Waals surface area contributed by atoms with Crippen LogP contribution >= 0.6 is 0 Å². The number of aromatic hydroxyl groups is 1. The van der Waals surface area contributed by atoms with Crippen LogP contribution in [0.2, 0.25) is 0 Å². The van der Waals surface area contributed by atoms with Crippen molar-refractivity contribution in [3.05, 3.63) is 39.0 Å². The Labute approximate surface area is 157 Å².